The highest BCUT2D eigenvalue weighted by molar-refractivity contribution is 7.86. The Morgan fingerprint density at radius 3 is 2.12 bits per heavy atom. The van der Waals surface area contributed by atoms with E-state index in [1.54, 1.807) is 0 Å². The molecule has 2 aliphatic rings. The van der Waals surface area contributed by atoms with Gasteiger partial charge in [0, 0.05) is 23.0 Å². The molecule has 2 N–H and O–H groups in total. The maximum absolute atomic E-state index is 11.0. The van der Waals surface area contributed by atoms with E-state index in [0.29, 0.717) is 15.9 Å². The lowest BCUT2D eigenvalue weighted by molar-refractivity contribution is 0.202. The highest BCUT2D eigenvalue weighted by atomic mass is 32.2. The fraction of sp³-hybridized carbons (Fsp3) is 0.400. The van der Waals surface area contributed by atoms with Crippen LogP contribution in [0, 0.1) is 0 Å². The number of allylic oxidation sites excluding steroid dienone is 2. The van der Waals surface area contributed by atoms with Crippen molar-refractivity contribution in [1.82, 2.24) is 4.73 Å². The van der Waals surface area contributed by atoms with Crippen molar-refractivity contribution in [3.8, 4) is 11.8 Å². The zero-order valence-electron chi connectivity index (χ0n) is 8.99. The third kappa shape index (κ3) is 1.35. The fourth-order valence-corrected chi connectivity index (χ4v) is 3.04. The molecule has 7 heteroatoms. The Kier molecular flexibility index (Phi) is 1.84. The summed E-state index contributed by atoms with van der Waals surface area (Å²) in [5.41, 5.74) is 1.14. The molecule has 3 rings (SSSR count). The number of aromatic hydroxyl groups is 2. The van der Waals surface area contributed by atoms with Gasteiger partial charge in [-0.25, -0.2) is 0 Å². The quantitative estimate of drug-likeness (QED) is 0.750. The van der Waals surface area contributed by atoms with Gasteiger partial charge in [0.15, 0.2) is 0 Å². The lowest BCUT2D eigenvalue weighted by Gasteiger charge is -2.08. The second-order valence-corrected chi connectivity index (χ2v) is 5.94. The van der Waals surface area contributed by atoms with E-state index < -0.39 is 10.1 Å². The van der Waals surface area contributed by atoms with Gasteiger partial charge in [0.2, 0.25) is 11.8 Å². The van der Waals surface area contributed by atoms with Crippen molar-refractivity contribution in [2.45, 2.75) is 18.3 Å². The van der Waals surface area contributed by atoms with Crippen molar-refractivity contribution in [3.63, 3.8) is 0 Å². The van der Waals surface area contributed by atoms with E-state index in [9.17, 15) is 18.6 Å². The lowest BCUT2D eigenvalue weighted by atomic mass is 10.0. The van der Waals surface area contributed by atoms with Crippen molar-refractivity contribution in [2.24, 2.45) is 0 Å². The monoisotopic (exact) mass is 257 g/mol. The van der Waals surface area contributed by atoms with Gasteiger partial charge >= 0.3 is 10.1 Å². The topological polar surface area (TPSA) is 88.8 Å². The van der Waals surface area contributed by atoms with Gasteiger partial charge in [-0.15, -0.1) is 0 Å². The van der Waals surface area contributed by atoms with E-state index >= 15 is 0 Å². The largest absolute Gasteiger partial charge is 0.492 e. The standard InChI is InChI=1S/C10H11NO5S/c1-17(14,15)16-11-9(12)7-5-2-3-6(4-5)8(7)10(11)13/h2-3,5-6,12-13H,4H2,1H3. The van der Waals surface area contributed by atoms with Crippen LogP contribution in [0.2, 0.25) is 0 Å². The first-order chi connectivity index (χ1) is 7.88. The molecular weight excluding hydrogens is 246 g/mol. The van der Waals surface area contributed by atoms with Crippen molar-refractivity contribution in [1.29, 1.82) is 0 Å². The molecule has 1 aromatic heterocycles. The molecule has 0 aromatic carbocycles. The summed E-state index contributed by atoms with van der Waals surface area (Å²) in [5.74, 6) is -0.602. The molecule has 92 valence electrons. The number of fused-ring (bicyclic) bond motifs is 5. The third-order valence-corrected chi connectivity index (χ3v) is 3.61. The minimum Gasteiger partial charge on any atom is -0.492 e. The summed E-state index contributed by atoms with van der Waals surface area (Å²) in [6, 6.07) is 0. The summed E-state index contributed by atoms with van der Waals surface area (Å²) in [5, 5.41) is 19.8. The van der Waals surface area contributed by atoms with E-state index in [2.05, 4.69) is 4.28 Å². The summed E-state index contributed by atoms with van der Waals surface area (Å²) < 4.78 is 27.2. The van der Waals surface area contributed by atoms with Crippen LogP contribution in [0.25, 0.3) is 0 Å². The van der Waals surface area contributed by atoms with Crippen LogP contribution in [0.3, 0.4) is 0 Å². The Morgan fingerprint density at radius 2 is 1.71 bits per heavy atom. The first kappa shape index (κ1) is 10.5. The second kappa shape index (κ2) is 2.98. The first-order valence-electron chi connectivity index (χ1n) is 5.13. The summed E-state index contributed by atoms with van der Waals surface area (Å²) in [7, 11) is -3.80. The molecule has 0 saturated carbocycles. The van der Waals surface area contributed by atoms with Crippen LogP contribution in [0.5, 0.6) is 11.8 Å². The smallest absolute Gasteiger partial charge is 0.324 e. The van der Waals surface area contributed by atoms with Crippen LogP contribution in [0.4, 0.5) is 0 Å². The molecule has 0 spiro atoms. The lowest BCUT2D eigenvalue weighted by Crippen LogP contribution is -2.18. The minimum absolute atomic E-state index is 0.0327. The Balaban J connectivity index is 2.16. The highest BCUT2D eigenvalue weighted by Gasteiger charge is 2.42. The number of rotatable bonds is 2. The summed E-state index contributed by atoms with van der Waals surface area (Å²) in [6.45, 7) is 0. The van der Waals surface area contributed by atoms with Gasteiger partial charge in [-0.1, -0.05) is 16.9 Å². The average Bonchev–Trinajstić information content (AvgIpc) is 2.86. The molecule has 0 aliphatic heterocycles. The molecule has 1 aromatic rings. The Bertz CT molecular complexity index is 592. The number of hydrogen-bond acceptors (Lipinski definition) is 5. The fourth-order valence-electron chi connectivity index (χ4n) is 2.62. The van der Waals surface area contributed by atoms with Gasteiger partial charge in [-0.3, -0.25) is 4.28 Å². The van der Waals surface area contributed by atoms with Crippen molar-refractivity contribution in [3.05, 3.63) is 23.3 Å². The average molecular weight is 257 g/mol. The maximum atomic E-state index is 11.0. The van der Waals surface area contributed by atoms with E-state index in [4.69, 9.17) is 0 Å². The van der Waals surface area contributed by atoms with Crippen LogP contribution < -0.4 is 4.28 Å². The molecule has 0 saturated heterocycles. The van der Waals surface area contributed by atoms with E-state index in [1.807, 2.05) is 12.2 Å². The zero-order valence-corrected chi connectivity index (χ0v) is 9.81. The Labute approximate surface area is 97.8 Å². The maximum Gasteiger partial charge on any atom is 0.324 e. The Morgan fingerprint density at radius 1 is 1.24 bits per heavy atom. The molecule has 6 nitrogen and oxygen atoms in total. The normalized spacial score (nSPS) is 25.2. The SMILES string of the molecule is CS(=O)(=O)On1c(O)c2c(c1O)C1C=CC2C1. The van der Waals surface area contributed by atoms with E-state index in [-0.39, 0.29) is 23.6 Å². The van der Waals surface area contributed by atoms with Crippen molar-refractivity contribution >= 4 is 10.1 Å². The molecule has 2 aliphatic carbocycles. The molecule has 2 bridgehead atoms. The number of nitrogens with zero attached hydrogens (tertiary/aromatic N) is 1. The van der Waals surface area contributed by atoms with Gasteiger partial charge in [0.05, 0.1) is 6.26 Å². The zero-order chi connectivity index (χ0) is 12.4. The van der Waals surface area contributed by atoms with E-state index in [0.717, 1.165) is 12.7 Å². The van der Waals surface area contributed by atoms with Crippen molar-refractivity contribution in [2.75, 3.05) is 6.26 Å². The molecule has 2 atom stereocenters. The van der Waals surface area contributed by atoms with Gasteiger partial charge in [-0.2, -0.15) is 8.42 Å². The number of hydrogen-bond donors (Lipinski definition) is 2. The summed E-state index contributed by atoms with van der Waals surface area (Å²) in [6.07, 6.45) is 5.54. The third-order valence-electron chi connectivity index (χ3n) is 3.19. The summed E-state index contributed by atoms with van der Waals surface area (Å²) in [4.78, 5) is 0. The predicted molar refractivity (Wildman–Crippen MR) is 58.4 cm³/mol. The molecular formula is C10H11NO5S. The molecule has 2 unspecified atom stereocenters. The summed E-state index contributed by atoms with van der Waals surface area (Å²) >= 11 is 0. The Hall–Kier alpha value is -1.63. The van der Waals surface area contributed by atoms with Crippen LogP contribution in [0.15, 0.2) is 12.2 Å². The first-order valence-corrected chi connectivity index (χ1v) is 6.95. The van der Waals surface area contributed by atoms with Gasteiger partial charge in [0.25, 0.3) is 0 Å². The van der Waals surface area contributed by atoms with Crippen LogP contribution in [-0.4, -0.2) is 29.6 Å². The molecule has 1 heterocycles. The molecule has 0 amide bonds. The minimum atomic E-state index is -3.80. The van der Waals surface area contributed by atoms with E-state index in [1.165, 1.54) is 0 Å². The van der Waals surface area contributed by atoms with Crippen LogP contribution in [-0.2, 0) is 10.1 Å². The highest BCUT2D eigenvalue weighted by Crippen LogP contribution is 2.56. The van der Waals surface area contributed by atoms with Gasteiger partial charge in [0.1, 0.15) is 0 Å². The predicted octanol–water partition coefficient (Wildman–Crippen LogP) is 0.428. The molecule has 0 radical (unpaired) electrons. The van der Waals surface area contributed by atoms with Crippen LogP contribution >= 0.6 is 0 Å². The molecule has 0 fully saturated rings. The van der Waals surface area contributed by atoms with Crippen molar-refractivity contribution < 1.29 is 22.9 Å². The molecule has 17 heavy (non-hydrogen) atoms. The number of aromatic nitrogens is 1. The van der Waals surface area contributed by atoms with Gasteiger partial charge < -0.3 is 10.2 Å². The van der Waals surface area contributed by atoms with Crippen LogP contribution in [0.1, 0.15) is 29.4 Å². The second-order valence-electron chi connectivity index (χ2n) is 4.38. The van der Waals surface area contributed by atoms with Gasteiger partial charge in [-0.05, 0) is 6.42 Å².